The molecular weight excluding hydrogens is 522 g/mol. The third kappa shape index (κ3) is 5.33. The molecule has 1 aliphatic rings. The van der Waals surface area contributed by atoms with Gasteiger partial charge in [0, 0.05) is 5.69 Å². The third-order valence-corrected chi connectivity index (χ3v) is 6.83. The lowest BCUT2D eigenvalue weighted by Gasteiger charge is -2.26. The molecule has 8 nitrogen and oxygen atoms in total. The van der Waals surface area contributed by atoms with Crippen molar-refractivity contribution in [3.8, 4) is 11.5 Å². The molecule has 210 valence electrons. The highest BCUT2D eigenvalue weighted by molar-refractivity contribution is 6.10. The van der Waals surface area contributed by atoms with Crippen molar-refractivity contribution >= 4 is 28.5 Å². The minimum absolute atomic E-state index is 0.0216. The second kappa shape index (κ2) is 12.1. The van der Waals surface area contributed by atoms with Crippen LogP contribution in [0.3, 0.4) is 0 Å². The van der Waals surface area contributed by atoms with Crippen molar-refractivity contribution in [3.63, 3.8) is 0 Å². The lowest BCUT2D eigenvalue weighted by molar-refractivity contribution is 0.0499. The molecule has 41 heavy (non-hydrogen) atoms. The van der Waals surface area contributed by atoms with Crippen LogP contribution in [-0.4, -0.2) is 31.7 Å². The maximum absolute atomic E-state index is 13.9. The topological polar surface area (TPSA) is 95.3 Å². The summed E-state index contributed by atoms with van der Waals surface area (Å²) < 4.78 is 23.0. The fourth-order valence-corrected chi connectivity index (χ4v) is 4.88. The number of anilines is 1. The Kier molecular flexibility index (Phi) is 8.19. The van der Waals surface area contributed by atoms with Crippen molar-refractivity contribution in [1.29, 1.82) is 0 Å². The molecule has 0 aliphatic carbocycles. The van der Waals surface area contributed by atoms with Gasteiger partial charge in [-0.05, 0) is 67.4 Å². The largest absolute Gasteiger partial charge is 0.490 e. The zero-order valence-electron chi connectivity index (χ0n) is 23.1. The Labute approximate surface area is 237 Å². The molecule has 0 fully saturated rings. The van der Waals surface area contributed by atoms with Crippen molar-refractivity contribution in [3.05, 3.63) is 112 Å². The zero-order chi connectivity index (χ0) is 28.9. The molecule has 0 saturated heterocycles. The SMILES string of the molecule is C=CCOc1ccc(C2c3c(oc4ccccc4c3=O)C(=O)N2c2ccc(C(=O)OCCCC)cc2)cc1OCC. The van der Waals surface area contributed by atoms with Crippen LogP contribution < -0.4 is 19.8 Å². The fraction of sp³-hybridized carbons (Fsp3) is 0.242. The quantitative estimate of drug-likeness (QED) is 0.119. The summed E-state index contributed by atoms with van der Waals surface area (Å²) in [6.07, 6.45) is 3.33. The van der Waals surface area contributed by atoms with Crippen molar-refractivity contribution < 1.29 is 28.2 Å². The molecule has 1 aliphatic heterocycles. The summed E-state index contributed by atoms with van der Waals surface area (Å²) in [6, 6.07) is 17.9. The zero-order valence-corrected chi connectivity index (χ0v) is 23.1. The average Bonchev–Trinajstić information content (AvgIpc) is 3.29. The monoisotopic (exact) mass is 553 g/mol. The molecule has 0 saturated carbocycles. The normalized spacial score (nSPS) is 14.1. The van der Waals surface area contributed by atoms with E-state index in [-0.39, 0.29) is 16.8 Å². The van der Waals surface area contributed by atoms with Crippen LogP contribution in [0.5, 0.6) is 11.5 Å². The first-order valence-electron chi connectivity index (χ1n) is 13.6. The van der Waals surface area contributed by atoms with Gasteiger partial charge in [-0.2, -0.15) is 0 Å². The molecule has 4 aromatic rings. The van der Waals surface area contributed by atoms with Gasteiger partial charge in [0.15, 0.2) is 16.9 Å². The standard InChI is InChI=1S/C33H31NO7/c1-4-7-19-40-33(37)21-12-15-23(16-13-21)34-29(22-14-17-26(39-18-5-2)27(20-22)38-6-3)28-30(35)24-10-8-9-11-25(24)41-31(28)32(34)36/h5,8-17,20,29H,2,4,6-7,18-19H2,1,3H3. The lowest BCUT2D eigenvalue weighted by Crippen LogP contribution is -2.29. The first-order chi connectivity index (χ1) is 20.0. The molecule has 1 aromatic heterocycles. The Morgan fingerprint density at radius 1 is 1.00 bits per heavy atom. The number of hydrogen-bond donors (Lipinski definition) is 0. The Bertz CT molecular complexity index is 1660. The van der Waals surface area contributed by atoms with E-state index in [1.54, 1.807) is 72.8 Å². The number of rotatable bonds is 11. The highest BCUT2D eigenvalue weighted by atomic mass is 16.5. The summed E-state index contributed by atoms with van der Waals surface area (Å²) >= 11 is 0. The number of carbonyl (C=O) groups excluding carboxylic acids is 2. The Balaban J connectivity index is 1.63. The highest BCUT2D eigenvalue weighted by Gasteiger charge is 2.44. The van der Waals surface area contributed by atoms with Crippen LogP contribution in [0.2, 0.25) is 0 Å². The first-order valence-corrected chi connectivity index (χ1v) is 13.6. The molecule has 0 radical (unpaired) electrons. The number of ether oxygens (including phenoxy) is 3. The summed E-state index contributed by atoms with van der Waals surface area (Å²) in [5.41, 5.74) is 1.77. The summed E-state index contributed by atoms with van der Waals surface area (Å²) in [4.78, 5) is 41.8. The van der Waals surface area contributed by atoms with Crippen LogP contribution in [0.25, 0.3) is 11.0 Å². The van der Waals surface area contributed by atoms with E-state index in [1.165, 1.54) is 4.90 Å². The van der Waals surface area contributed by atoms with E-state index >= 15 is 0 Å². The lowest BCUT2D eigenvalue weighted by atomic mass is 9.97. The average molecular weight is 554 g/mol. The smallest absolute Gasteiger partial charge is 0.338 e. The predicted molar refractivity (Wildman–Crippen MR) is 156 cm³/mol. The molecule has 1 unspecified atom stereocenters. The van der Waals surface area contributed by atoms with Gasteiger partial charge in [-0.25, -0.2) is 4.79 Å². The van der Waals surface area contributed by atoms with Crippen LogP contribution in [0.1, 0.15) is 64.8 Å². The van der Waals surface area contributed by atoms with Gasteiger partial charge in [-0.15, -0.1) is 0 Å². The van der Waals surface area contributed by atoms with Gasteiger partial charge in [-0.3, -0.25) is 14.5 Å². The molecule has 0 spiro atoms. The number of esters is 1. The molecule has 2 heterocycles. The van der Waals surface area contributed by atoms with Gasteiger partial charge in [0.25, 0.3) is 5.91 Å². The molecule has 0 bridgehead atoms. The predicted octanol–water partition coefficient (Wildman–Crippen LogP) is 6.46. The van der Waals surface area contributed by atoms with Crippen LogP contribution in [-0.2, 0) is 4.74 Å². The summed E-state index contributed by atoms with van der Waals surface area (Å²) in [6.45, 7) is 8.60. The second-order valence-electron chi connectivity index (χ2n) is 9.52. The minimum Gasteiger partial charge on any atom is -0.490 e. The van der Waals surface area contributed by atoms with E-state index in [0.29, 0.717) is 59.1 Å². The van der Waals surface area contributed by atoms with E-state index in [1.807, 2.05) is 13.8 Å². The maximum atomic E-state index is 13.9. The van der Waals surface area contributed by atoms with Gasteiger partial charge < -0.3 is 18.6 Å². The molecule has 1 amide bonds. The highest BCUT2D eigenvalue weighted by Crippen LogP contribution is 2.43. The molecule has 3 aromatic carbocycles. The van der Waals surface area contributed by atoms with Crippen molar-refractivity contribution in [2.45, 2.75) is 32.7 Å². The molecule has 8 heteroatoms. The maximum Gasteiger partial charge on any atom is 0.338 e. The number of para-hydroxylation sites is 1. The number of benzene rings is 3. The second-order valence-corrected chi connectivity index (χ2v) is 9.52. The van der Waals surface area contributed by atoms with Crippen molar-refractivity contribution in [2.24, 2.45) is 0 Å². The van der Waals surface area contributed by atoms with Gasteiger partial charge in [0.1, 0.15) is 12.2 Å². The van der Waals surface area contributed by atoms with Gasteiger partial charge in [0.2, 0.25) is 5.76 Å². The molecule has 5 rings (SSSR count). The number of nitrogens with zero attached hydrogens (tertiary/aromatic N) is 1. The number of amides is 1. The van der Waals surface area contributed by atoms with E-state index in [4.69, 9.17) is 18.6 Å². The van der Waals surface area contributed by atoms with Crippen LogP contribution in [0.4, 0.5) is 5.69 Å². The first kappa shape index (κ1) is 27.7. The van der Waals surface area contributed by atoms with Crippen molar-refractivity contribution in [1.82, 2.24) is 0 Å². The van der Waals surface area contributed by atoms with E-state index in [0.717, 1.165) is 12.8 Å². The summed E-state index contributed by atoms with van der Waals surface area (Å²) in [7, 11) is 0. The molecular formula is C33H31NO7. The summed E-state index contributed by atoms with van der Waals surface area (Å²) in [5, 5.41) is 0.382. The number of carbonyl (C=O) groups is 2. The fourth-order valence-electron chi connectivity index (χ4n) is 4.88. The Morgan fingerprint density at radius 2 is 1.78 bits per heavy atom. The number of unbranched alkanes of at least 4 members (excludes halogenated alkanes) is 1. The third-order valence-electron chi connectivity index (χ3n) is 6.83. The molecule has 0 N–H and O–H groups in total. The van der Waals surface area contributed by atoms with E-state index < -0.39 is 17.9 Å². The van der Waals surface area contributed by atoms with E-state index in [9.17, 15) is 14.4 Å². The molecule has 1 atom stereocenters. The van der Waals surface area contributed by atoms with Crippen LogP contribution in [0.15, 0.2) is 88.6 Å². The minimum atomic E-state index is -0.812. The van der Waals surface area contributed by atoms with Gasteiger partial charge >= 0.3 is 5.97 Å². The van der Waals surface area contributed by atoms with Gasteiger partial charge in [0.05, 0.1) is 35.8 Å². The summed E-state index contributed by atoms with van der Waals surface area (Å²) in [5.74, 6) is 0.0750. The van der Waals surface area contributed by atoms with Gasteiger partial charge in [-0.1, -0.05) is 44.2 Å². The number of fused-ring (bicyclic) bond motifs is 2. The van der Waals surface area contributed by atoms with E-state index in [2.05, 4.69) is 6.58 Å². The van der Waals surface area contributed by atoms with Crippen LogP contribution >= 0.6 is 0 Å². The number of hydrogen-bond acceptors (Lipinski definition) is 7. The van der Waals surface area contributed by atoms with Crippen LogP contribution in [0, 0.1) is 0 Å². The Hall–Kier alpha value is -4.85. The van der Waals surface area contributed by atoms with Crippen molar-refractivity contribution in [2.75, 3.05) is 24.7 Å². The Morgan fingerprint density at radius 3 is 2.51 bits per heavy atom.